The van der Waals surface area contributed by atoms with Gasteiger partial charge in [-0.25, -0.2) is 0 Å². The molecule has 2 unspecified atom stereocenters. The number of nitrogens with one attached hydrogen (secondary N) is 1. The zero-order chi connectivity index (χ0) is 16.9. The molecular formula is C18H24N2O4. The Morgan fingerprint density at radius 2 is 1.67 bits per heavy atom. The lowest BCUT2D eigenvalue weighted by molar-refractivity contribution is -0.147. The predicted molar refractivity (Wildman–Crippen MR) is 91.2 cm³/mol. The molecule has 1 aromatic carbocycles. The Morgan fingerprint density at radius 1 is 1.04 bits per heavy atom. The van der Waals surface area contributed by atoms with Gasteiger partial charge in [0.15, 0.2) is 0 Å². The summed E-state index contributed by atoms with van der Waals surface area (Å²) in [5, 5.41) is 12.2. The fourth-order valence-electron chi connectivity index (χ4n) is 3.55. The van der Waals surface area contributed by atoms with E-state index in [-0.39, 0.29) is 5.91 Å². The largest absolute Gasteiger partial charge is 0.481 e. The van der Waals surface area contributed by atoms with Gasteiger partial charge in [-0.05, 0) is 37.1 Å². The number of nitrogens with zero attached hydrogens (tertiary/aromatic N) is 1. The fraction of sp³-hybridized carbons (Fsp3) is 0.556. The minimum absolute atomic E-state index is 0.179. The number of rotatable bonds is 4. The van der Waals surface area contributed by atoms with Crippen LogP contribution in [-0.4, -0.2) is 43.3 Å². The molecule has 2 N–H and O–H groups in total. The van der Waals surface area contributed by atoms with Crippen molar-refractivity contribution in [2.24, 2.45) is 11.8 Å². The van der Waals surface area contributed by atoms with Crippen molar-refractivity contribution >= 4 is 23.3 Å². The van der Waals surface area contributed by atoms with Crippen LogP contribution in [0.25, 0.3) is 0 Å². The van der Waals surface area contributed by atoms with Gasteiger partial charge in [0, 0.05) is 24.5 Å². The molecule has 2 aliphatic rings. The van der Waals surface area contributed by atoms with Crippen LogP contribution in [0.3, 0.4) is 0 Å². The lowest BCUT2D eigenvalue weighted by atomic mass is 9.78. The summed E-state index contributed by atoms with van der Waals surface area (Å²) in [4.78, 5) is 26.1. The molecular weight excluding hydrogens is 308 g/mol. The van der Waals surface area contributed by atoms with Crippen molar-refractivity contribution in [3.63, 3.8) is 0 Å². The van der Waals surface area contributed by atoms with Crippen LogP contribution in [0.5, 0.6) is 0 Å². The number of benzene rings is 1. The molecule has 1 aromatic rings. The van der Waals surface area contributed by atoms with Gasteiger partial charge in [0.1, 0.15) is 0 Å². The normalized spacial score (nSPS) is 24.4. The molecule has 0 bridgehead atoms. The summed E-state index contributed by atoms with van der Waals surface area (Å²) in [5.41, 5.74) is 1.82. The number of morpholine rings is 1. The van der Waals surface area contributed by atoms with E-state index in [2.05, 4.69) is 10.2 Å². The Bertz CT molecular complexity index is 581. The fourth-order valence-corrected chi connectivity index (χ4v) is 3.55. The van der Waals surface area contributed by atoms with Crippen LogP contribution >= 0.6 is 0 Å². The molecule has 1 saturated carbocycles. The monoisotopic (exact) mass is 332 g/mol. The lowest BCUT2D eigenvalue weighted by Crippen LogP contribution is -2.36. The van der Waals surface area contributed by atoms with E-state index in [1.54, 1.807) is 0 Å². The maximum atomic E-state index is 12.5. The average molecular weight is 332 g/mol. The third kappa shape index (κ3) is 3.87. The Labute approximate surface area is 141 Å². The van der Waals surface area contributed by atoms with Crippen molar-refractivity contribution in [1.29, 1.82) is 0 Å². The van der Waals surface area contributed by atoms with Gasteiger partial charge in [0.2, 0.25) is 5.91 Å². The molecule has 6 nitrogen and oxygen atoms in total. The highest BCUT2D eigenvalue weighted by Gasteiger charge is 2.35. The predicted octanol–water partition coefficient (Wildman–Crippen LogP) is 2.35. The van der Waals surface area contributed by atoms with Crippen LogP contribution < -0.4 is 10.2 Å². The first kappa shape index (κ1) is 16.8. The van der Waals surface area contributed by atoms with E-state index in [1.807, 2.05) is 24.3 Å². The first-order valence-corrected chi connectivity index (χ1v) is 8.61. The van der Waals surface area contributed by atoms with Crippen molar-refractivity contribution in [3.8, 4) is 0 Å². The van der Waals surface area contributed by atoms with E-state index in [0.717, 1.165) is 44.8 Å². The van der Waals surface area contributed by atoms with Crippen molar-refractivity contribution < 1.29 is 19.4 Å². The molecule has 1 saturated heterocycles. The second-order valence-corrected chi connectivity index (χ2v) is 6.47. The van der Waals surface area contributed by atoms with Crippen LogP contribution in [-0.2, 0) is 14.3 Å². The van der Waals surface area contributed by atoms with Crippen molar-refractivity contribution in [2.75, 3.05) is 36.5 Å². The Morgan fingerprint density at radius 3 is 2.29 bits per heavy atom. The van der Waals surface area contributed by atoms with Gasteiger partial charge in [0.05, 0.1) is 25.0 Å². The molecule has 1 aliphatic heterocycles. The number of carboxylic acids is 1. The van der Waals surface area contributed by atoms with Gasteiger partial charge in [-0.3, -0.25) is 9.59 Å². The van der Waals surface area contributed by atoms with Crippen molar-refractivity contribution in [3.05, 3.63) is 24.3 Å². The number of carbonyl (C=O) groups excluding carboxylic acids is 1. The molecule has 1 heterocycles. The van der Waals surface area contributed by atoms with Crippen LogP contribution in [0.4, 0.5) is 11.4 Å². The summed E-state index contributed by atoms with van der Waals surface area (Å²) in [5.74, 6) is -2.04. The van der Waals surface area contributed by atoms with E-state index >= 15 is 0 Å². The molecule has 0 aromatic heterocycles. The second-order valence-electron chi connectivity index (χ2n) is 6.47. The highest BCUT2D eigenvalue weighted by atomic mass is 16.5. The number of ether oxygens (including phenoxy) is 1. The molecule has 3 rings (SSSR count). The quantitative estimate of drug-likeness (QED) is 0.885. The van der Waals surface area contributed by atoms with Crippen molar-refractivity contribution in [1.82, 2.24) is 0 Å². The van der Waals surface area contributed by atoms with E-state index in [1.165, 1.54) is 0 Å². The van der Waals surface area contributed by atoms with E-state index in [9.17, 15) is 14.7 Å². The third-order valence-corrected chi connectivity index (χ3v) is 4.93. The second kappa shape index (κ2) is 7.66. The molecule has 2 atom stereocenters. The molecule has 0 radical (unpaired) electrons. The zero-order valence-electron chi connectivity index (χ0n) is 13.7. The Kier molecular flexibility index (Phi) is 5.35. The minimum Gasteiger partial charge on any atom is -0.481 e. The van der Waals surface area contributed by atoms with Gasteiger partial charge in [-0.15, -0.1) is 0 Å². The standard InChI is InChI=1S/C18H24N2O4/c21-17(15-3-1-2-4-16(15)18(22)23)19-13-5-7-14(8-6-13)20-9-11-24-12-10-20/h5-8,15-16H,1-4,9-12H2,(H,19,21)(H,22,23). The smallest absolute Gasteiger partial charge is 0.307 e. The molecule has 0 spiro atoms. The summed E-state index contributed by atoms with van der Waals surface area (Å²) in [6, 6.07) is 7.72. The molecule has 6 heteroatoms. The average Bonchev–Trinajstić information content (AvgIpc) is 2.63. The van der Waals surface area contributed by atoms with E-state index in [4.69, 9.17) is 4.74 Å². The highest BCUT2D eigenvalue weighted by molar-refractivity contribution is 5.95. The lowest BCUT2D eigenvalue weighted by Gasteiger charge is -2.29. The third-order valence-electron chi connectivity index (χ3n) is 4.93. The number of anilines is 2. The van der Waals surface area contributed by atoms with E-state index in [0.29, 0.717) is 18.5 Å². The SMILES string of the molecule is O=C(O)C1CCCCC1C(=O)Nc1ccc(N2CCOCC2)cc1. The zero-order valence-corrected chi connectivity index (χ0v) is 13.7. The van der Waals surface area contributed by atoms with Gasteiger partial charge in [-0.1, -0.05) is 12.8 Å². The van der Waals surface area contributed by atoms with Gasteiger partial charge in [-0.2, -0.15) is 0 Å². The summed E-state index contributed by atoms with van der Waals surface area (Å²) < 4.78 is 5.35. The highest BCUT2D eigenvalue weighted by Crippen LogP contribution is 2.31. The van der Waals surface area contributed by atoms with Crippen LogP contribution in [0.15, 0.2) is 24.3 Å². The number of carbonyl (C=O) groups is 2. The summed E-state index contributed by atoms with van der Waals surface area (Å²) in [6.07, 6.45) is 3.03. The topological polar surface area (TPSA) is 78.9 Å². The molecule has 2 fully saturated rings. The van der Waals surface area contributed by atoms with Crippen molar-refractivity contribution in [2.45, 2.75) is 25.7 Å². The molecule has 130 valence electrons. The minimum atomic E-state index is -0.863. The number of carboxylic acid groups (broad SMARTS) is 1. The molecule has 1 amide bonds. The van der Waals surface area contributed by atoms with Gasteiger partial charge >= 0.3 is 5.97 Å². The summed E-state index contributed by atoms with van der Waals surface area (Å²) in [6.45, 7) is 3.20. The first-order valence-electron chi connectivity index (χ1n) is 8.61. The van der Waals surface area contributed by atoms with Crippen LogP contribution in [0, 0.1) is 11.8 Å². The number of hydrogen-bond donors (Lipinski definition) is 2. The first-order chi connectivity index (χ1) is 11.6. The Balaban J connectivity index is 1.62. The molecule has 24 heavy (non-hydrogen) atoms. The summed E-state index contributed by atoms with van der Waals surface area (Å²) >= 11 is 0. The van der Waals surface area contributed by atoms with Gasteiger partial charge in [0.25, 0.3) is 0 Å². The van der Waals surface area contributed by atoms with Gasteiger partial charge < -0.3 is 20.1 Å². The maximum Gasteiger partial charge on any atom is 0.307 e. The number of hydrogen-bond acceptors (Lipinski definition) is 4. The number of aliphatic carboxylic acids is 1. The number of amides is 1. The summed E-state index contributed by atoms with van der Waals surface area (Å²) in [7, 11) is 0. The van der Waals surface area contributed by atoms with Crippen LogP contribution in [0.2, 0.25) is 0 Å². The maximum absolute atomic E-state index is 12.5. The molecule has 1 aliphatic carbocycles. The Hall–Kier alpha value is -2.08. The van der Waals surface area contributed by atoms with E-state index < -0.39 is 17.8 Å². The van der Waals surface area contributed by atoms with Crippen LogP contribution in [0.1, 0.15) is 25.7 Å².